The molecule has 8 heteroatoms. The Morgan fingerprint density at radius 2 is 1.70 bits per heavy atom. The van der Waals surface area contributed by atoms with Gasteiger partial charge in [0.05, 0.1) is 11.9 Å². The zero-order chi connectivity index (χ0) is 24.6. The number of carbonyl (C=O) groups is 3. The second-order valence-corrected chi connectivity index (χ2v) is 10.3. The molecule has 1 aromatic carbocycles. The van der Waals surface area contributed by atoms with E-state index in [0.717, 1.165) is 24.8 Å². The second kappa shape index (κ2) is 12.3. The predicted molar refractivity (Wildman–Crippen MR) is 131 cm³/mol. The van der Waals surface area contributed by atoms with Gasteiger partial charge in [0.2, 0.25) is 11.8 Å². The van der Waals surface area contributed by atoms with Gasteiger partial charge in [0.25, 0.3) is 0 Å². The zero-order valence-corrected chi connectivity index (χ0v) is 21.0. The van der Waals surface area contributed by atoms with E-state index in [9.17, 15) is 19.5 Å². The van der Waals surface area contributed by atoms with Crippen molar-refractivity contribution in [3.63, 3.8) is 0 Å². The van der Waals surface area contributed by atoms with Crippen LogP contribution < -0.4 is 10.6 Å². The number of thiol groups is 1. The summed E-state index contributed by atoms with van der Waals surface area (Å²) in [5.41, 5.74) is -0.281. The lowest BCUT2D eigenvalue weighted by Crippen LogP contribution is -2.61. The minimum Gasteiger partial charge on any atom is -0.508 e. The highest BCUT2D eigenvalue weighted by molar-refractivity contribution is 7.81. The Hall–Kier alpha value is -2.22. The number of esters is 1. The zero-order valence-electron chi connectivity index (χ0n) is 20.1. The number of hydrogen-bond acceptors (Lipinski definition) is 6. The number of phenolic OH excluding ortho intramolecular Hbond substituents is 1. The van der Waals surface area contributed by atoms with Gasteiger partial charge in [0.15, 0.2) is 0 Å². The number of rotatable bonds is 11. The first-order valence-electron chi connectivity index (χ1n) is 11.8. The van der Waals surface area contributed by atoms with Crippen molar-refractivity contribution >= 4 is 30.4 Å². The van der Waals surface area contributed by atoms with Crippen molar-refractivity contribution in [3.8, 4) is 5.75 Å². The molecule has 0 radical (unpaired) electrons. The van der Waals surface area contributed by atoms with Gasteiger partial charge in [-0.15, -0.1) is 0 Å². The van der Waals surface area contributed by atoms with E-state index in [1.807, 2.05) is 27.7 Å². The van der Waals surface area contributed by atoms with Crippen molar-refractivity contribution in [3.05, 3.63) is 29.8 Å². The van der Waals surface area contributed by atoms with Gasteiger partial charge in [0.1, 0.15) is 17.3 Å². The van der Waals surface area contributed by atoms with Crippen LogP contribution in [0.5, 0.6) is 5.75 Å². The Balaban J connectivity index is 2.18. The van der Waals surface area contributed by atoms with Crippen molar-refractivity contribution in [1.82, 2.24) is 10.6 Å². The van der Waals surface area contributed by atoms with E-state index in [2.05, 4.69) is 23.3 Å². The van der Waals surface area contributed by atoms with E-state index in [-0.39, 0.29) is 36.5 Å². The Kier molecular flexibility index (Phi) is 10.1. The molecule has 1 aliphatic rings. The van der Waals surface area contributed by atoms with E-state index < -0.39 is 22.8 Å². The Morgan fingerprint density at radius 1 is 1.09 bits per heavy atom. The maximum absolute atomic E-state index is 13.4. The van der Waals surface area contributed by atoms with Gasteiger partial charge >= 0.3 is 5.97 Å². The maximum Gasteiger partial charge on any atom is 0.328 e. The number of nitrogens with one attached hydrogen (secondary N) is 2. The number of amides is 2. The highest BCUT2D eigenvalue weighted by Crippen LogP contribution is 2.31. The second-order valence-electron chi connectivity index (χ2n) is 9.71. The third-order valence-corrected chi connectivity index (χ3v) is 6.89. The molecule has 1 saturated carbocycles. The van der Waals surface area contributed by atoms with Gasteiger partial charge in [0, 0.05) is 6.42 Å². The van der Waals surface area contributed by atoms with Crippen molar-refractivity contribution in [2.45, 2.75) is 83.1 Å². The molecule has 0 aliphatic heterocycles. The number of ether oxygens (including phenoxy) is 1. The fourth-order valence-corrected chi connectivity index (χ4v) is 3.92. The fourth-order valence-electron chi connectivity index (χ4n) is 3.85. The largest absolute Gasteiger partial charge is 0.508 e. The first kappa shape index (κ1) is 27.0. The minimum absolute atomic E-state index is 0.0213. The highest BCUT2D eigenvalue weighted by atomic mass is 32.1. The average Bonchev–Trinajstić information content (AvgIpc) is 3.23. The van der Waals surface area contributed by atoms with Crippen molar-refractivity contribution in [2.75, 3.05) is 6.61 Å². The topological polar surface area (TPSA) is 105 Å². The van der Waals surface area contributed by atoms with Crippen LogP contribution in [0.3, 0.4) is 0 Å². The molecule has 2 atom stereocenters. The Morgan fingerprint density at radius 3 is 2.24 bits per heavy atom. The summed E-state index contributed by atoms with van der Waals surface area (Å²) in [7, 11) is 0. The Bertz CT molecular complexity index is 804. The molecule has 0 unspecified atom stereocenters. The number of aromatic hydroxyl groups is 1. The van der Waals surface area contributed by atoms with Gasteiger partial charge in [-0.05, 0) is 48.8 Å². The van der Waals surface area contributed by atoms with Gasteiger partial charge in [-0.25, -0.2) is 4.79 Å². The third kappa shape index (κ3) is 7.95. The summed E-state index contributed by atoms with van der Waals surface area (Å²) in [6, 6.07) is 5.58. The molecular formula is C25H38N2O5S. The summed E-state index contributed by atoms with van der Waals surface area (Å²) in [6.45, 7) is 8.17. The third-order valence-electron chi connectivity index (χ3n) is 6.06. The first-order valence-corrected chi connectivity index (χ1v) is 12.3. The standard InChI is InChI=1S/C25H38N2O5S/c1-16(2)11-14-32-23(30)20(15-18-7-9-19(28)10-8-18)26-24(31)25(12-5-6-13-25)27-22(29)21(33)17(3)4/h7-10,16-17,20-21,28,33H,5-6,11-15H2,1-4H3,(H,26,31)(H,27,29)/t20-,21-/m0/s1. The predicted octanol–water partition coefficient (Wildman–Crippen LogP) is 3.39. The summed E-state index contributed by atoms with van der Waals surface area (Å²) < 4.78 is 5.46. The van der Waals surface area contributed by atoms with E-state index in [4.69, 9.17) is 4.74 Å². The molecule has 1 aromatic rings. The van der Waals surface area contributed by atoms with Crippen molar-refractivity contribution < 1.29 is 24.2 Å². The molecule has 2 rings (SSSR count). The number of carbonyl (C=O) groups excluding carboxylic acids is 3. The van der Waals surface area contributed by atoms with Crippen LogP contribution in [0.15, 0.2) is 24.3 Å². The molecule has 0 aromatic heterocycles. The van der Waals surface area contributed by atoms with Crippen LogP contribution in [0.4, 0.5) is 0 Å². The summed E-state index contributed by atoms with van der Waals surface area (Å²) in [5, 5.41) is 14.8. The lowest BCUT2D eigenvalue weighted by atomic mass is 9.94. The van der Waals surface area contributed by atoms with Crippen LogP contribution in [0.1, 0.15) is 65.4 Å². The van der Waals surface area contributed by atoms with Crippen LogP contribution in [0.25, 0.3) is 0 Å². The summed E-state index contributed by atoms with van der Waals surface area (Å²) in [4.78, 5) is 39.0. The number of benzene rings is 1. The molecule has 1 aliphatic carbocycles. The van der Waals surface area contributed by atoms with Crippen LogP contribution in [0, 0.1) is 11.8 Å². The van der Waals surface area contributed by atoms with Crippen LogP contribution >= 0.6 is 12.6 Å². The molecule has 1 fully saturated rings. The molecular weight excluding hydrogens is 440 g/mol. The summed E-state index contributed by atoms with van der Waals surface area (Å²) in [6.07, 6.45) is 3.60. The average molecular weight is 479 g/mol. The Labute approximate surface area is 202 Å². The van der Waals surface area contributed by atoms with E-state index in [0.29, 0.717) is 18.8 Å². The van der Waals surface area contributed by atoms with Gasteiger partial charge in [-0.1, -0.05) is 52.7 Å². The summed E-state index contributed by atoms with van der Waals surface area (Å²) in [5.74, 6) is -0.631. The normalized spacial score (nSPS) is 16.9. The monoisotopic (exact) mass is 478 g/mol. The minimum atomic E-state index is -1.06. The summed E-state index contributed by atoms with van der Waals surface area (Å²) >= 11 is 4.39. The van der Waals surface area contributed by atoms with Gasteiger partial charge < -0.3 is 20.5 Å². The lowest BCUT2D eigenvalue weighted by molar-refractivity contribution is -0.149. The van der Waals surface area contributed by atoms with Gasteiger partial charge in [-0.3, -0.25) is 9.59 Å². The first-order chi connectivity index (χ1) is 15.5. The molecule has 3 N–H and O–H groups in total. The van der Waals surface area contributed by atoms with E-state index in [1.54, 1.807) is 12.1 Å². The van der Waals surface area contributed by atoms with Gasteiger partial charge in [-0.2, -0.15) is 12.6 Å². The lowest BCUT2D eigenvalue weighted by Gasteiger charge is -2.32. The van der Waals surface area contributed by atoms with Crippen molar-refractivity contribution in [1.29, 1.82) is 0 Å². The van der Waals surface area contributed by atoms with Crippen LogP contribution in [-0.4, -0.2) is 46.3 Å². The van der Waals surface area contributed by atoms with Crippen LogP contribution in [-0.2, 0) is 25.5 Å². The van der Waals surface area contributed by atoms with Crippen molar-refractivity contribution in [2.24, 2.45) is 11.8 Å². The fraction of sp³-hybridized carbons (Fsp3) is 0.640. The number of hydrogen-bond donors (Lipinski definition) is 4. The molecule has 184 valence electrons. The molecule has 0 heterocycles. The molecule has 2 amide bonds. The molecule has 0 bridgehead atoms. The van der Waals surface area contributed by atoms with E-state index >= 15 is 0 Å². The number of phenols is 1. The quantitative estimate of drug-likeness (QED) is 0.288. The molecule has 33 heavy (non-hydrogen) atoms. The molecule has 7 nitrogen and oxygen atoms in total. The SMILES string of the molecule is CC(C)CCOC(=O)[C@H](Cc1ccc(O)cc1)NC(=O)C1(NC(=O)[C@@H](S)C(C)C)CCCC1. The molecule has 0 spiro atoms. The van der Waals surface area contributed by atoms with Crippen LogP contribution in [0.2, 0.25) is 0 Å². The van der Waals surface area contributed by atoms with E-state index in [1.165, 1.54) is 12.1 Å². The smallest absolute Gasteiger partial charge is 0.328 e. The highest BCUT2D eigenvalue weighted by Gasteiger charge is 2.44. The molecule has 0 saturated heterocycles. The maximum atomic E-state index is 13.4.